The van der Waals surface area contributed by atoms with Gasteiger partial charge in [0.25, 0.3) is 0 Å². The molecular weight excluding hydrogens is 527 g/mol. The van der Waals surface area contributed by atoms with E-state index in [4.69, 9.17) is 4.98 Å². The van der Waals surface area contributed by atoms with Gasteiger partial charge < -0.3 is 15.6 Å². The van der Waals surface area contributed by atoms with Gasteiger partial charge in [0.05, 0.1) is 22.8 Å². The number of rotatable bonds is 8. The van der Waals surface area contributed by atoms with Crippen LogP contribution in [0.4, 0.5) is 10.1 Å². The summed E-state index contributed by atoms with van der Waals surface area (Å²) in [5, 5.41) is 15.8. The molecule has 42 heavy (non-hydrogen) atoms. The molecule has 4 N–H and O–H groups in total. The number of hydrogen-bond donors (Lipinski definition) is 4. The van der Waals surface area contributed by atoms with E-state index in [-0.39, 0.29) is 5.82 Å². The van der Waals surface area contributed by atoms with Crippen molar-refractivity contribution < 1.29 is 4.39 Å². The standard InChI is InChI=1S/C33H33FN8/c1-20(24-17-25(19-36-18-24)38-21(2)16-23-10-13-35-14-11-23)8-9-28-22(3)30(42-41-28)33-39-29-12-15-37-31(32(29)40-33)26-6-4-5-7-27(26)34/h4-9,12,15,17-19,23,35,38,41H,2-3,10-11,13-14,16H2,1H3,(H,39,40)/b20-8+,28-9+. The third-order valence-corrected chi connectivity index (χ3v) is 7.66. The maximum Gasteiger partial charge on any atom is 0.159 e. The van der Waals surface area contributed by atoms with Crippen LogP contribution in [0.2, 0.25) is 0 Å². The summed E-state index contributed by atoms with van der Waals surface area (Å²) < 4.78 is 14.5. The molecule has 0 saturated carbocycles. The van der Waals surface area contributed by atoms with Gasteiger partial charge in [0.1, 0.15) is 22.7 Å². The first-order chi connectivity index (χ1) is 20.5. The molecule has 1 aliphatic rings. The van der Waals surface area contributed by atoms with Crippen LogP contribution in [-0.4, -0.2) is 43.2 Å². The number of nitrogens with zero attached hydrogens (tertiary/aromatic N) is 4. The second kappa shape index (κ2) is 11.9. The van der Waals surface area contributed by atoms with Crippen LogP contribution < -0.4 is 21.2 Å². The Kier molecular flexibility index (Phi) is 7.74. The maximum atomic E-state index is 14.5. The smallest absolute Gasteiger partial charge is 0.159 e. The van der Waals surface area contributed by atoms with Gasteiger partial charge in [0.15, 0.2) is 5.82 Å². The first kappa shape index (κ1) is 27.3. The quantitative estimate of drug-likeness (QED) is 0.209. The minimum absolute atomic E-state index is 0.350. The average molecular weight is 561 g/mol. The van der Waals surface area contributed by atoms with Gasteiger partial charge in [-0.25, -0.2) is 9.37 Å². The Morgan fingerprint density at radius 1 is 1.14 bits per heavy atom. The monoisotopic (exact) mass is 560 g/mol. The minimum Gasteiger partial charge on any atom is -0.358 e. The van der Waals surface area contributed by atoms with Crippen molar-refractivity contribution in [3.8, 4) is 22.8 Å². The van der Waals surface area contributed by atoms with Gasteiger partial charge in [-0.2, -0.15) is 5.10 Å². The highest BCUT2D eigenvalue weighted by Gasteiger charge is 2.16. The average Bonchev–Trinajstić information content (AvgIpc) is 3.59. The highest BCUT2D eigenvalue weighted by Crippen LogP contribution is 2.28. The molecule has 1 saturated heterocycles. The Bertz CT molecular complexity index is 1890. The Morgan fingerprint density at radius 3 is 2.81 bits per heavy atom. The van der Waals surface area contributed by atoms with Gasteiger partial charge in [0.2, 0.25) is 0 Å². The van der Waals surface area contributed by atoms with Gasteiger partial charge >= 0.3 is 0 Å². The van der Waals surface area contributed by atoms with Crippen molar-refractivity contribution in [2.24, 2.45) is 5.92 Å². The van der Waals surface area contributed by atoms with Crippen LogP contribution in [0, 0.1) is 11.7 Å². The van der Waals surface area contributed by atoms with Crippen molar-refractivity contribution in [1.29, 1.82) is 0 Å². The molecule has 5 heterocycles. The number of hydrogen-bond acceptors (Lipinski definition) is 6. The van der Waals surface area contributed by atoms with Crippen LogP contribution in [0.5, 0.6) is 0 Å². The zero-order valence-corrected chi connectivity index (χ0v) is 23.5. The van der Waals surface area contributed by atoms with E-state index in [0.717, 1.165) is 52.9 Å². The molecule has 0 spiro atoms. The number of benzene rings is 1. The zero-order chi connectivity index (χ0) is 29.1. The molecule has 8 nitrogen and oxygen atoms in total. The summed E-state index contributed by atoms with van der Waals surface area (Å²) in [5.74, 6) is 0.849. The maximum absolute atomic E-state index is 14.5. The van der Waals surface area contributed by atoms with E-state index in [2.05, 4.69) is 55.0 Å². The predicted octanol–water partition coefficient (Wildman–Crippen LogP) is 5.16. The molecule has 212 valence electrons. The second-order valence-electron chi connectivity index (χ2n) is 10.7. The molecular formula is C33H33FN8. The third-order valence-electron chi connectivity index (χ3n) is 7.66. The molecule has 5 aromatic rings. The van der Waals surface area contributed by atoms with E-state index < -0.39 is 0 Å². The van der Waals surface area contributed by atoms with Gasteiger partial charge in [-0.15, -0.1) is 0 Å². The van der Waals surface area contributed by atoms with Crippen LogP contribution in [-0.2, 0) is 0 Å². The molecule has 1 aromatic carbocycles. The highest BCUT2D eigenvalue weighted by molar-refractivity contribution is 5.91. The van der Waals surface area contributed by atoms with Crippen LogP contribution in [0.1, 0.15) is 31.7 Å². The number of fused-ring (bicyclic) bond motifs is 1. The van der Waals surface area contributed by atoms with E-state index in [0.29, 0.717) is 39.4 Å². The normalized spacial score (nSPS) is 14.9. The Labute approximate surface area is 243 Å². The molecule has 1 fully saturated rings. The number of nitrogens with one attached hydrogen (secondary N) is 4. The molecule has 6 rings (SSSR count). The lowest BCUT2D eigenvalue weighted by Gasteiger charge is -2.23. The number of halogens is 1. The fourth-order valence-electron chi connectivity index (χ4n) is 5.33. The summed E-state index contributed by atoms with van der Waals surface area (Å²) in [5.41, 5.74) is 6.74. The van der Waals surface area contributed by atoms with Gasteiger partial charge in [-0.1, -0.05) is 31.4 Å². The molecule has 1 aliphatic heterocycles. The van der Waals surface area contributed by atoms with Crippen molar-refractivity contribution in [3.05, 3.63) is 95.3 Å². The summed E-state index contributed by atoms with van der Waals surface area (Å²) in [6, 6.07) is 10.4. The summed E-state index contributed by atoms with van der Waals surface area (Å²) in [6.45, 7) is 12.7. The van der Waals surface area contributed by atoms with Crippen LogP contribution >= 0.6 is 0 Å². The van der Waals surface area contributed by atoms with E-state index >= 15 is 0 Å². The van der Waals surface area contributed by atoms with E-state index in [1.807, 2.05) is 37.5 Å². The predicted molar refractivity (Wildman–Crippen MR) is 167 cm³/mol. The molecule has 0 unspecified atom stereocenters. The van der Waals surface area contributed by atoms with Crippen molar-refractivity contribution in [2.45, 2.75) is 26.2 Å². The Morgan fingerprint density at radius 2 is 1.98 bits per heavy atom. The van der Waals surface area contributed by atoms with Crippen LogP contribution in [0.25, 0.3) is 52.0 Å². The summed E-state index contributed by atoms with van der Waals surface area (Å²) >= 11 is 0. The first-order valence-electron chi connectivity index (χ1n) is 14.1. The number of allylic oxidation sites excluding steroid dienone is 3. The largest absolute Gasteiger partial charge is 0.358 e. The van der Waals surface area contributed by atoms with Gasteiger partial charge in [-0.05, 0) is 86.7 Å². The fourth-order valence-corrected chi connectivity index (χ4v) is 5.33. The Balaban J connectivity index is 1.22. The summed E-state index contributed by atoms with van der Waals surface area (Å²) in [4.78, 5) is 16.8. The second-order valence-corrected chi connectivity index (χ2v) is 10.7. The molecule has 0 bridgehead atoms. The SMILES string of the molecule is C=C(CC1CCNCC1)Nc1cncc(/C(C)=C/C=c2/[nH]nc(-c3nc4c(-c5ccccc5F)nccc4[nH]3)c2=C)c1. The lowest BCUT2D eigenvalue weighted by atomic mass is 9.93. The highest BCUT2D eigenvalue weighted by atomic mass is 19.1. The minimum atomic E-state index is -0.350. The van der Waals surface area contributed by atoms with Crippen LogP contribution in [0.15, 0.2) is 73.3 Å². The van der Waals surface area contributed by atoms with Crippen LogP contribution in [0.3, 0.4) is 0 Å². The van der Waals surface area contributed by atoms with Crippen molar-refractivity contribution in [3.63, 3.8) is 0 Å². The van der Waals surface area contributed by atoms with E-state index in [9.17, 15) is 4.39 Å². The number of imidazole rings is 1. The number of aromatic amines is 2. The Hall–Kier alpha value is -4.89. The molecule has 9 heteroatoms. The number of H-pyrrole nitrogens is 2. The molecule has 4 aromatic heterocycles. The summed E-state index contributed by atoms with van der Waals surface area (Å²) in [6.07, 6.45) is 12.6. The molecule has 0 atom stereocenters. The van der Waals surface area contributed by atoms with Gasteiger partial charge in [-0.3, -0.25) is 15.1 Å². The van der Waals surface area contributed by atoms with E-state index in [1.165, 1.54) is 18.9 Å². The topological polar surface area (TPSA) is 107 Å². The number of pyridine rings is 2. The number of anilines is 1. The third kappa shape index (κ3) is 5.77. The number of piperidine rings is 1. The molecule has 0 aliphatic carbocycles. The molecule has 0 amide bonds. The lowest BCUT2D eigenvalue weighted by Crippen LogP contribution is -2.28. The lowest BCUT2D eigenvalue weighted by molar-refractivity contribution is 0.373. The van der Waals surface area contributed by atoms with Gasteiger partial charge in [0, 0.05) is 28.9 Å². The van der Waals surface area contributed by atoms with Crippen molar-refractivity contribution >= 4 is 34.9 Å². The van der Waals surface area contributed by atoms with Crippen molar-refractivity contribution in [1.82, 2.24) is 35.5 Å². The first-order valence-corrected chi connectivity index (χ1v) is 14.1. The molecule has 0 radical (unpaired) electrons. The number of aromatic nitrogens is 6. The summed E-state index contributed by atoms with van der Waals surface area (Å²) in [7, 11) is 0. The fraction of sp³-hybridized carbons (Fsp3) is 0.212. The zero-order valence-electron chi connectivity index (χ0n) is 23.5. The van der Waals surface area contributed by atoms with Crippen molar-refractivity contribution in [2.75, 3.05) is 18.4 Å². The van der Waals surface area contributed by atoms with E-state index in [1.54, 1.807) is 24.4 Å².